The molecule has 1 aromatic heterocycles. The molecule has 0 unspecified atom stereocenters. The Morgan fingerprint density at radius 2 is 1.72 bits per heavy atom. The van der Waals surface area contributed by atoms with E-state index in [1.54, 1.807) is 12.1 Å². The Bertz CT molecular complexity index is 1300. The molecule has 1 aliphatic heterocycles. The van der Waals surface area contributed by atoms with Crippen molar-refractivity contribution in [2.45, 2.75) is 11.4 Å². The highest BCUT2D eigenvalue weighted by atomic mass is 32.2. The van der Waals surface area contributed by atoms with Gasteiger partial charge in [0.15, 0.2) is 11.5 Å². The van der Waals surface area contributed by atoms with Gasteiger partial charge in [-0.25, -0.2) is 17.8 Å². The smallest absolute Gasteiger partial charge is 0.258 e. The molecule has 2 aromatic carbocycles. The zero-order chi connectivity index (χ0) is 22.9. The fourth-order valence-electron chi connectivity index (χ4n) is 3.72. The lowest BCUT2D eigenvalue weighted by Gasteiger charge is -2.33. The maximum absolute atomic E-state index is 14.0. The Kier molecular flexibility index (Phi) is 6.13. The zero-order valence-electron chi connectivity index (χ0n) is 17.7. The SMILES string of the molecule is COc1cc2nc(CN3CCN(S(=O)(=O)c4ccccc4F)CC3)[nH]c(=O)c2cc1OC. The lowest BCUT2D eigenvalue weighted by atomic mass is 10.2. The summed E-state index contributed by atoms with van der Waals surface area (Å²) < 4.78 is 51.3. The maximum Gasteiger partial charge on any atom is 0.258 e. The van der Waals surface area contributed by atoms with E-state index in [0.717, 1.165) is 6.07 Å². The molecule has 3 aromatic rings. The van der Waals surface area contributed by atoms with Crippen LogP contribution in [0.15, 0.2) is 46.1 Å². The number of nitrogens with zero attached hydrogens (tertiary/aromatic N) is 3. The first-order valence-corrected chi connectivity index (χ1v) is 11.4. The van der Waals surface area contributed by atoms with Gasteiger partial charge < -0.3 is 14.5 Å². The summed E-state index contributed by atoms with van der Waals surface area (Å²) in [6.07, 6.45) is 0. The van der Waals surface area contributed by atoms with E-state index in [1.807, 2.05) is 4.90 Å². The van der Waals surface area contributed by atoms with E-state index in [4.69, 9.17) is 9.47 Å². The number of aromatic nitrogens is 2. The van der Waals surface area contributed by atoms with Crippen molar-refractivity contribution in [3.8, 4) is 11.5 Å². The number of piperazine rings is 1. The molecule has 11 heteroatoms. The van der Waals surface area contributed by atoms with E-state index < -0.39 is 15.8 Å². The number of H-pyrrole nitrogens is 1. The van der Waals surface area contributed by atoms with Crippen LogP contribution in [0.3, 0.4) is 0 Å². The number of sulfonamides is 1. The molecule has 0 spiro atoms. The summed E-state index contributed by atoms with van der Waals surface area (Å²) in [7, 11) is -0.908. The van der Waals surface area contributed by atoms with Gasteiger partial charge in [-0.15, -0.1) is 0 Å². The number of halogens is 1. The number of benzene rings is 2. The van der Waals surface area contributed by atoms with Gasteiger partial charge in [-0.3, -0.25) is 9.69 Å². The second-order valence-corrected chi connectivity index (χ2v) is 9.25. The van der Waals surface area contributed by atoms with E-state index in [2.05, 4.69) is 9.97 Å². The number of hydrogen-bond acceptors (Lipinski definition) is 7. The molecule has 1 N–H and O–H groups in total. The Labute approximate surface area is 184 Å². The molecule has 0 radical (unpaired) electrons. The van der Waals surface area contributed by atoms with Gasteiger partial charge in [-0.1, -0.05) is 12.1 Å². The van der Waals surface area contributed by atoms with Crippen molar-refractivity contribution in [3.63, 3.8) is 0 Å². The van der Waals surface area contributed by atoms with Crippen molar-refractivity contribution >= 4 is 20.9 Å². The minimum Gasteiger partial charge on any atom is -0.493 e. The fourth-order valence-corrected chi connectivity index (χ4v) is 5.21. The second kappa shape index (κ2) is 8.85. The van der Waals surface area contributed by atoms with E-state index in [-0.39, 0.29) is 23.5 Å². The van der Waals surface area contributed by atoms with Gasteiger partial charge in [-0.05, 0) is 18.2 Å². The molecule has 0 amide bonds. The summed E-state index contributed by atoms with van der Waals surface area (Å²) in [5, 5.41) is 0.382. The normalized spacial score (nSPS) is 15.7. The summed E-state index contributed by atoms with van der Waals surface area (Å²) in [6, 6.07) is 8.58. The van der Waals surface area contributed by atoms with Crippen LogP contribution in [0.2, 0.25) is 0 Å². The molecule has 0 bridgehead atoms. The highest BCUT2D eigenvalue weighted by Crippen LogP contribution is 2.30. The van der Waals surface area contributed by atoms with Crippen LogP contribution in [0.5, 0.6) is 11.5 Å². The van der Waals surface area contributed by atoms with Gasteiger partial charge in [0, 0.05) is 32.2 Å². The van der Waals surface area contributed by atoms with Gasteiger partial charge >= 0.3 is 0 Å². The van der Waals surface area contributed by atoms with Crippen LogP contribution in [0.4, 0.5) is 4.39 Å². The molecule has 9 nitrogen and oxygen atoms in total. The van der Waals surface area contributed by atoms with Crippen molar-refractivity contribution in [3.05, 3.63) is 58.4 Å². The lowest BCUT2D eigenvalue weighted by molar-refractivity contribution is 0.178. The van der Waals surface area contributed by atoms with E-state index in [0.29, 0.717) is 47.9 Å². The molecule has 0 aliphatic carbocycles. The Hall–Kier alpha value is -3.02. The first kappa shape index (κ1) is 22.2. The van der Waals surface area contributed by atoms with Crippen LogP contribution in [0.1, 0.15) is 5.82 Å². The van der Waals surface area contributed by atoms with Crippen molar-refractivity contribution < 1.29 is 22.3 Å². The van der Waals surface area contributed by atoms with E-state index in [9.17, 15) is 17.6 Å². The first-order chi connectivity index (χ1) is 15.3. The third-order valence-electron chi connectivity index (χ3n) is 5.42. The monoisotopic (exact) mass is 462 g/mol. The van der Waals surface area contributed by atoms with Crippen LogP contribution in [0, 0.1) is 5.82 Å². The number of methoxy groups -OCH3 is 2. The molecule has 1 fully saturated rings. The lowest BCUT2D eigenvalue weighted by Crippen LogP contribution is -2.48. The number of nitrogens with one attached hydrogen (secondary N) is 1. The van der Waals surface area contributed by atoms with Crippen LogP contribution >= 0.6 is 0 Å². The Morgan fingerprint density at radius 3 is 2.38 bits per heavy atom. The summed E-state index contributed by atoms with van der Waals surface area (Å²) in [5.74, 6) is 0.600. The average molecular weight is 463 g/mol. The van der Waals surface area contributed by atoms with Crippen LogP contribution in [0.25, 0.3) is 10.9 Å². The molecule has 4 rings (SSSR count). The average Bonchev–Trinajstić information content (AvgIpc) is 2.79. The van der Waals surface area contributed by atoms with E-state index in [1.165, 1.54) is 36.7 Å². The summed E-state index contributed by atoms with van der Waals surface area (Å²) in [6.45, 7) is 1.59. The van der Waals surface area contributed by atoms with Crippen LogP contribution in [-0.4, -0.2) is 68.0 Å². The van der Waals surface area contributed by atoms with Crippen LogP contribution < -0.4 is 15.0 Å². The minimum absolute atomic E-state index is 0.208. The number of hydrogen-bond donors (Lipinski definition) is 1. The molecule has 2 heterocycles. The van der Waals surface area contributed by atoms with Crippen LogP contribution in [-0.2, 0) is 16.6 Å². The number of rotatable bonds is 6. The van der Waals surface area contributed by atoms with Gasteiger partial charge in [0.05, 0.1) is 31.7 Å². The highest BCUT2D eigenvalue weighted by molar-refractivity contribution is 7.89. The predicted octanol–water partition coefficient (Wildman–Crippen LogP) is 1.59. The molecule has 170 valence electrons. The summed E-state index contributed by atoms with van der Waals surface area (Å²) >= 11 is 0. The summed E-state index contributed by atoms with van der Waals surface area (Å²) in [4.78, 5) is 21.5. The summed E-state index contributed by atoms with van der Waals surface area (Å²) in [5.41, 5.74) is 0.175. The molecule has 0 saturated carbocycles. The number of fused-ring (bicyclic) bond motifs is 1. The van der Waals surface area contributed by atoms with Gasteiger partial charge in [0.2, 0.25) is 10.0 Å². The minimum atomic E-state index is -3.91. The van der Waals surface area contributed by atoms with Crippen molar-refractivity contribution in [1.82, 2.24) is 19.2 Å². The zero-order valence-corrected chi connectivity index (χ0v) is 18.5. The third-order valence-corrected chi connectivity index (χ3v) is 7.35. The van der Waals surface area contributed by atoms with Gasteiger partial charge in [0.1, 0.15) is 16.5 Å². The second-order valence-electron chi connectivity index (χ2n) is 7.35. The first-order valence-electron chi connectivity index (χ1n) is 9.95. The Balaban J connectivity index is 1.49. The number of ether oxygens (including phenoxy) is 2. The third kappa shape index (κ3) is 4.18. The topological polar surface area (TPSA) is 105 Å². The Morgan fingerprint density at radius 1 is 1.06 bits per heavy atom. The maximum atomic E-state index is 14.0. The van der Waals surface area contributed by atoms with Gasteiger partial charge in [-0.2, -0.15) is 4.31 Å². The highest BCUT2D eigenvalue weighted by Gasteiger charge is 2.30. The standard InChI is InChI=1S/C21H23FN4O5S/c1-30-17-11-14-16(12-18(17)31-2)23-20(24-21(14)27)13-25-7-9-26(10-8-25)32(28,29)19-6-4-3-5-15(19)22/h3-6,11-12H,7-10,13H2,1-2H3,(H,23,24,27). The van der Waals surface area contributed by atoms with Gasteiger partial charge in [0.25, 0.3) is 5.56 Å². The van der Waals surface area contributed by atoms with Crippen molar-refractivity contribution in [2.24, 2.45) is 0 Å². The van der Waals surface area contributed by atoms with Crippen molar-refractivity contribution in [2.75, 3.05) is 40.4 Å². The predicted molar refractivity (Wildman–Crippen MR) is 116 cm³/mol. The quantitative estimate of drug-likeness (QED) is 0.593. The largest absolute Gasteiger partial charge is 0.493 e. The molecule has 1 saturated heterocycles. The molecular weight excluding hydrogens is 439 g/mol. The molecule has 0 atom stereocenters. The van der Waals surface area contributed by atoms with E-state index >= 15 is 0 Å². The van der Waals surface area contributed by atoms with Crippen molar-refractivity contribution in [1.29, 1.82) is 0 Å². The molecule has 32 heavy (non-hydrogen) atoms. The molecular formula is C21H23FN4O5S. The molecule has 1 aliphatic rings. The fraction of sp³-hybridized carbons (Fsp3) is 0.333. The number of aromatic amines is 1.